The molecule has 1 aromatic rings. The third kappa shape index (κ3) is 8.43. The minimum absolute atomic E-state index is 0.311. The van der Waals surface area contributed by atoms with Crippen molar-refractivity contribution >= 4 is 11.9 Å². The number of piperidine rings is 1. The van der Waals surface area contributed by atoms with E-state index >= 15 is 0 Å². The normalized spacial score (nSPS) is 15.1. The summed E-state index contributed by atoms with van der Waals surface area (Å²) in [6, 6.07) is 6.26. The SMILES string of the molecule is CC.COC(=O)C(C)NC(=O)c1ccc(OCCCN2CCCCC2)cc1. The highest BCUT2D eigenvalue weighted by Gasteiger charge is 2.16. The molecular weight excluding hydrogens is 344 g/mol. The van der Waals surface area contributed by atoms with E-state index in [2.05, 4.69) is 15.0 Å². The van der Waals surface area contributed by atoms with Gasteiger partial charge in [0.1, 0.15) is 11.8 Å². The van der Waals surface area contributed by atoms with E-state index in [-0.39, 0.29) is 5.91 Å². The van der Waals surface area contributed by atoms with E-state index in [1.165, 1.54) is 39.5 Å². The minimum Gasteiger partial charge on any atom is -0.494 e. The summed E-state index contributed by atoms with van der Waals surface area (Å²) < 4.78 is 10.3. The van der Waals surface area contributed by atoms with Crippen LogP contribution in [0.4, 0.5) is 0 Å². The van der Waals surface area contributed by atoms with Gasteiger partial charge in [-0.25, -0.2) is 4.79 Å². The molecule has 1 saturated heterocycles. The number of hydrogen-bond acceptors (Lipinski definition) is 5. The zero-order valence-electron chi connectivity index (χ0n) is 17.1. The first-order chi connectivity index (χ1) is 13.1. The molecule has 2 rings (SSSR count). The maximum atomic E-state index is 12.1. The van der Waals surface area contributed by atoms with Gasteiger partial charge in [-0.05, 0) is 63.5 Å². The highest BCUT2D eigenvalue weighted by atomic mass is 16.5. The molecule has 27 heavy (non-hydrogen) atoms. The summed E-state index contributed by atoms with van der Waals surface area (Å²) in [5.74, 6) is -0.0345. The molecule has 1 heterocycles. The molecule has 6 heteroatoms. The van der Waals surface area contributed by atoms with E-state index in [0.717, 1.165) is 18.7 Å². The Hall–Kier alpha value is -2.08. The highest BCUT2D eigenvalue weighted by Crippen LogP contribution is 2.13. The van der Waals surface area contributed by atoms with Gasteiger partial charge in [0.25, 0.3) is 5.91 Å². The van der Waals surface area contributed by atoms with Crippen LogP contribution in [0.15, 0.2) is 24.3 Å². The number of carbonyl (C=O) groups excluding carboxylic acids is 2. The fourth-order valence-corrected chi connectivity index (χ4v) is 2.88. The lowest BCUT2D eigenvalue weighted by atomic mass is 10.1. The Morgan fingerprint density at radius 2 is 1.74 bits per heavy atom. The van der Waals surface area contributed by atoms with Crippen LogP contribution in [0.3, 0.4) is 0 Å². The third-order valence-corrected chi connectivity index (χ3v) is 4.35. The van der Waals surface area contributed by atoms with Gasteiger partial charge in [0, 0.05) is 12.1 Å². The summed E-state index contributed by atoms with van der Waals surface area (Å²) in [6.07, 6.45) is 4.96. The number of likely N-dealkylation sites (tertiary alicyclic amines) is 1. The van der Waals surface area contributed by atoms with E-state index in [0.29, 0.717) is 12.2 Å². The number of ether oxygens (including phenoxy) is 2. The Kier molecular flexibility index (Phi) is 11.2. The Bertz CT molecular complexity index is 554. The Balaban J connectivity index is 0.00000176. The van der Waals surface area contributed by atoms with E-state index in [9.17, 15) is 9.59 Å². The number of nitrogens with zero attached hydrogens (tertiary/aromatic N) is 1. The maximum Gasteiger partial charge on any atom is 0.328 e. The van der Waals surface area contributed by atoms with E-state index < -0.39 is 12.0 Å². The maximum absolute atomic E-state index is 12.1. The van der Waals surface area contributed by atoms with Gasteiger partial charge in [-0.15, -0.1) is 0 Å². The molecule has 1 aromatic carbocycles. The van der Waals surface area contributed by atoms with Crippen LogP contribution >= 0.6 is 0 Å². The predicted molar refractivity (Wildman–Crippen MR) is 107 cm³/mol. The molecular formula is C21H34N2O4. The predicted octanol–water partition coefficient (Wildman–Crippen LogP) is 3.26. The monoisotopic (exact) mass is 378 g/mol. The van der Waals surface area contributed by atoms with E-state index in [4.69, 9.17) is 4.74 Å². The summed E-state index contributed by atoms with van der Waals surface area (Å²) in [7, 11) is 1.29. The Labute approximate surface area is 163 Å². The molecule has 1 unspecified atom stereocenters. The molecule has 1 atom stereocenters. The van der Waals surface area contributed by atoms with Crippen LogP contribution in [0, 0.1) is 0 Å². The summed E-state index contributed by atoms with van der Waals surface area (Å²) in [5, 5.41) is 2.60. The van der Waals surface area contributed by atoms with Crippen LogP contribution in [-0.4, -0.2) is 56.2 Å². The molecule has 1 fully saturated rings. The second kappa shape index (κ2) is 13.1. The summed E-state index contributed by atoms with van der Waals surface area (Å²) in [6.45, 7) is 9.73. The van der Waals surface area contributed by atoms with Crippen molar-refractivity contribution in [3.63, 3.8) is 0 Å². The van der Waals surface area contributed by atoms with Crippen LogP contribution in [0.1, 0.15) is 56.8 Å². The van der Waals surface area contributed by atoms with Gasteiger partial charge >= 0.3 is 5.97 Å². The first-order valence-electron chi connectivity index (χ1n) is 9.94. The topological polar surface area (TPSA) is 67.9 Å². The Morgan fingerprint density at radius 1 is 1.11 bits per heavy atom. The number of methoxy groups -OCH3 is 1. The van der Waals surface area contributed by atoms with Crippen molar-refractivity contribution in [3.8, 4) is 5.75 Å². The number of benzene rings is 1. The van der Waals surface area contributed by atoms with Gasteiger partial charge in [0.05, 0.1) is 13.7 Å². The number of amides is 1. The van der Waals surface area contributed by atoms with Gasteiger partial charge in [-0.3, -0.25) is 4.79 Å². The molecule has 0 aliphatic carbocycles. The number of nitrogens with one attached hydrogen (secondary N) is 1. The number of rotatable bonds is 8. The van der Waals surface area contributed by atoms with E-state index in [1.807, 2.05) is 13.8 Å². The third-order valence-electron chi connectivity index (χ3n) is 4.35. The highest BCUT2D eigenvalue weighted by molar-refractivity contribution is 5.96. The van der Waals surface area contributed by atoms with Crippen molar-refractivity contribution in [2.45, 2.75) is 52.5 Å². The largest absolute Gasteiger partial charge is 0.494 e. The Morgan fingerprint density at radius 3 is 2.33 bits per heavy atom. The van der Waals surface area contributed by atoms with Gasteiger partial charge in [-0.1, -0.05) is 20.3 Å². The molecule has 0 spiro atoms. The minimum atomic E-state index is -0.678. The molecule has 1 aliphatic rings. The van der Waals surface area contributed by atoms with Crippen LogP contribution in [0.5, 0.6) is 5.75 Å². The van der Waals surface area contributed by atoms with Crippen LogP contribution in [-0.2, 0) is 9.53 Å². The summed E-state index contributed by atoms with van der Waals surface area (Å²) in [4.78, 5) is 25.9. The molecule has 1 N–H and O–H groups in total. The van der Waals surface area contributed by atoms with Crippen molar-refractivity contribution < 1.29 is 19.1 Å². The smallest absolute Gasteiger partial charge is 0.328 e. The molecule has 0 saturated carbocycles. The molecule has 1 aliphatic heterocycles. The van der Waals surface area contributed by atoms with Crippen molar-refractivity contribution in [1.82, 2.24) is 10.2 Å². The molecule has 0 bridgehead atoms. The van der Waals surface area contributed by atoms with Gasteiger partial charge in [0.15, 0.2) is 0 Å². The van der Waals surface area contributed by atoms with Gasteiger partial charge in [-0.2, -0.15) is 0 Å². The van der Waals surface area contributed by atoms with Crippen LogP contribution in [0.2, 0.25) is 0 Å². The quantitative estimate of drug-likeness (QED) is 0.555. The van der Waals surface area contributed by atoms with Crippen molar-refractivity contribution in [2.75, 3.05) is 33.4 Å². The van der Waals surface area contributed by atoms with Crippen molar-refractivity contribution in [3.05, 3.63) is 29.8 Å². The second-order valence-corrected chi connectivity index (χ2v) is 6.35. The van der Waals surface area contributed by atoms with Crippen LogP contribution < -0.4 is 10.1 Å². The fraction of sp³-hybridized carbons (Fsp3) is 0.619. The lowest BCUT2D eigenvalue weighted by molar-refractivity contribution is -0.142. The summed E-state index contributed by atoms with van der Waals surface area (Å²) in [5.41, 5.74) is 0.483. The molecule has 152 valence electrons. The first-order valence-corrected chi connectivity index (χ1v) is 9.94. The molecule has 0 radical (unpaired) electrons. The van der Waals surface area contributed by atoms with Crippen molar-refractivity contribution in [1.29, 1.82) is 0 Å². The number of esters is 1. The number of carbonyl (C=O) groups is 2. The standard InChI is InChI=1S/C19H28N2O4.C2H6/c1-15(19(23)24-2)20-18(22)16-7-9-17(10-8-16)25-14-6-13-21-11-4-3-5-12-21;1-2/h7-10,15H,3-6,11-14H2,1-2H3,(H,20,22);1-2H3. The molecule has 6 nitrogen and oxygen atoms in total. The second-order valence-electron chi connectivity index (χ2n) is 6.35. The molecule has 0 aromatic heterocycles. The zero-order chi connectivity index (χ0) is 20.1. The first kappa shape index (κ1) is 23.0. The van der Waals surface area contributed by atoms with Gasteiger partial charge < -0.3 is 19.7 Å². The fourth-order valence-electron chi connectivity index (χ4n) is 2.88. The zero-order valence-corrected chi connectivity index (χ0v) is 17.1. The lowest BCUT2D eigenvalue weighted by Gasteiger charge is -2.26. The molecule has 1 amide bonds. The average molecular weight is 379 g/mol. The lowest BCUT2D eigenvalue weighted by Crippen LogP contribution is -2.39. The van der Waals surface area contributed by atoms with E-state index in [1.54, 1.807) is 31.2 Å². The van der Waals surface area contributed by atoms with Gasteiger partial charge in [0.2, 0.25) is 0 Å². The summed E-state index contributed by atoms with van der Waals surface area (Å²) >= 11 is 0. The average Bonchev–Trinajstić information content (AvgIpc) is 2.73. The number of hydrogen-bond donors (Lipinski definition) is 1. The van der Waals surface area contributed by atoms with Crippen molar-refractivity contribution in [2.24, 2.45) is 0 Å². The van der Waals surface area contributed by atoms with Crippen LogP contribution in [0.25, 0.3) is 0 Å².